The van der Waals surface area contributed by atoms with E-state index in [1.165, 1.54) is 0 Å². The lowest BCUT2D eigenvalue weighted by atomic mass is 10.2. The molecule has 0 amide bonds. The molecule has 0 radical (unpaired) electrons. The van der Waals surface area contributed by atoms with Gasteiger partial charge in [0.25, 0.3) is 0 Å². The highest BCUT2D eigenvalue weighted by molar-refractivity contribution is 5.42. The number of ether oxygens (including phenoxy) is 2. The maximum absolute atomic E-state index is 5.70. The molecule has 0 aliphatic rings. The molecule has 5 nitrogen and oxygen atoms in total. The number of rotatable bonds is 5. The normalized spacial score (nSPS) is 10.4. The van der Waals surface area contributed by atoms with Crippen LogP contribution in [-0.4, -0.2) is 16.7 Å². The lowest BCUT2D eigenvalue weighted by Crippen LogP contribution is -2.04. The maximum atomic E-state index is 5.70. The Bertz CT molecular complexity index is 523. The van der Waals surface area contributed by atoms with E-state index in [9.17, 15) is 0 Å². The van der Waals surface area contributed by atoms with Gasteiger partial charge in [0.15, 0.2) is 11.5 Å². The summed E-state index contributed by atoms with van der Waals surface area (Å²) in [6, 6.07) is 5.67. The van der Waals surface area contributed by atoms with Gasteiger partial charge < -0.3 is 19.8 Å². The Morgan fingerprint density at radius 1 is 1.33 bits per heavy atom. The second-order valence-electron chi connectivity index (χ2n) is 3.93. The lowest BCUT2D eigenvalue weighted by Gasteiger charge is -2.11. The second-order valence-corrected chi connectivity index (χ2v) is 3.93. The van der Waals surface area contributed by atoms with Gasteiger partial charge in [0.1, 0.15) is 12.4 Å². The average molecular weight is 247 g/mol. The van der Waals surface area contributed by atoms with Crippen molar-refractivity contribution < 1.29 is 9.47 Å². The molecule has 1 aromatic carbocycles. The summed E-state index contributed by atoms with van der Waals surface area (Å²) >= 11 is 0. The molecular weight excluding hydrogens is 230 g/mol. The van der Waals surface area contributed by atoms with Gasteiger partial charge in [-0.3, -0.25) is 0 Å². The van der Waals surface area contributed by atoms with E-state index < -0.39 is 0 Å². The Morgan fingerprint density at radius 3 is 2.78 bits per heavy atom. The van der Waals surface area contributed by atoms with E-state index in [0.717, 1.165) is 11.4 Å². The molecule has 0 aliphatic heterocycles. The Hall–Kier alpha value is -2.01. The molecule has 0 unspecified atom stereocenters. The monoisotopic (exact) mass is 247 g/mol. The number of aryl methyl sites for hydroxylation is 1. The van der Waals surface area contributed by atoms with Crippen LogP contribution in [0.25, 0.3) is 0 Å². The van der Waals surface area contributed by atoms with Crippen LogP contribution in [0, 0.1) is 0 Å². The smallest absolute Gasteiger partial charge is 0.161 e. The fraction of sp³-hybridized carbons (Fsp3) is 0.308. The number of aromatic nitrogens is 2. The topological polar surface area (TPSA) is 62.3 Å². The Labute approximate surface area is 106 Å². The van der Waals surface area contributed by atoms with E-state index in [-0.39, 0.29) is 0 Å². The largest absolute Gasteiger partial charge is 0.493 e. The molecule has 0 fully saturated rings. The summed E-state index contributed by atoms with van der Waals surface area (Å²) < 4.78 is 12.9. The molecule has 1 heterocycles. The molecule has 2 rings (SSSR count). The minimum absolute atomic E-state index is 0.405. The molecule has 0 saturated heterocycles. The van der Waals surface area contributed by atoms with Crippen LogP contribution in [0.5, 0.6) is 11.5 Å². The SMILES string of the molecule is COc1cc(CN)ccc1OCc1nccn1C. The predicted octanol–water partition coefficient (Wildman–Crippen LogP) is 1.47. The molecule has 5 heteroatoms. The van der Waals surface area contributed by atoms with E-state index in [4.69, 9.17) is 15.2 Å². The van der Waals surface area contributed by atoms with E-state index >= 15 is 0 Å². The Kier molecular flexibility index (Phi) is 3.84. The van der Waals surface area contributed by atoms with Gasteiger partial charge in [-0.25, -0.2) is 4.98 Å². The van der Waals surface area contributed by atoms with Crippen LogP contribution in [0.2, 0.25) is 0 Å². The van der Waals surface area contributed by atoms with Gasteiger partial charge in [-0.15, -0.1) is 0 Å². The first-order chi connectivity index (χ1) is 8.74. The summed E-state index contributed by atoms with van der Waals surface area (Å²) in [5, 5.41) is 0. The first-order valence-electron chi connectivity index (χ1n) is 5.70. The van der Waals surface area contributed by atoms with Crippen molar-refractivity contribution in [3.05, 3.63) is 42.0 Å². The highest BCUT2D eigenvalue weighted by Gasteiger charge is 2.07. The van der Waals surface area contributed by atoms with E-state index in [0.29, 0.717) is 24.7 Å². The second kappa shape index (κ2) is 5.55. The maximum Gasteiger partial charge on any atom is 0.161 e. The van der Waals surface area contributed by atoms with Crippen LogP contribution in [0.1, 0.15) is 11.4 Å². The van der Waals surface area contributed by atoms with Crippen molar-refractivity contribution in [1.29, 1.82) is 0 Å². The Balaban J connectivity index is 2.11. The molecule has 0 atom stereocenters. The van der Waals surface area contributed by atoms with Crippen molar-refractivity contribution in [2.45, 2.75) is 13.2 Å². The molecule has 1 aromatic heterocycles. The summed E-state index contributed by atoms with van der Waals surface area (Å²) in [6.45, 7) is 0.887. The van der Waals surface area contributed by atoms with Gasteiger partial charge in [-0.05, 0) is 17.7 Å². The number of imidazole rings is 1. The molecule has 0 aliphatic carbocycles. The van der Waals surface area contributed by atoms with Gasteiger partial charge in [-0.1, -0.05) is 6.07 Å². The van der Waals surface area contributed by atoms with E-state index in [1.54, 1.807) is 13.3 Å². The standard InChI is InChI=1S/C13H17N3O2/c1-16-6-5-15-13(16)9-18-11-4-3-10(8-14)7-12(11)17-2/h3-7H,8-9,14H2,1-2H3. The summed E-state index contributed by atoms with van der Waals surface area (Å²) in [4.78, 5) is 4.20. The zero-order valence-corrected chi connectivity index (χ0v) is 10.6. The van der Waals surface area contributed by atoms with Gasteiger partial charge >= 0.3 is 0 Å². The van der Waals surface area contributed by atoms with Crippen molar-refractivity contribution >= 4 is 0 Å². The van der Waals surface area contributed by atoms with Crippen LogP contribution in [0.3, 0.4) is 0 Å². The summed E-state index contributed by atoms with van der Waals surface area (Å²) in [6.07, 6.45) is 3.63. The molecule has 0 bridgehead atoms. The third kappa shape index (κ3) is 2.62. The van der Waals surface area contributed by atoms with Crippen molar-refractivity contribution in [2.24, 2.45) is 12.8 Å². The van der Waals surface area contributed by atoms with E-state index in [2.05, 4.69) is 4.98 Å². The molecule has 18 heavy (non-hydrogen) atoms. The summed E-state index contributed by atoms with van der Waals surface area (Å²) in [7, 11) is 3.55. The zero-order chi connectivity index (χ0) is 13.0. The highest BCUT2D eigenvalue weighted by atomic mass is 16.5. The van der Waals surface area contributed by atoms with Gasteiger partial charge in [-0.2, -0.15) is 0 Å². The molecule has 2 N–H and O–H groups in total. The minimum Gasteiger partial charge on any atom is -0.493 e. The molecule has 96 valence electrons. The van der Waals surface area contributed by atoms with Gasteiger partial charge in [0, 0.05) is 26.0 Å². The number of nitrogens with zero attached hydrogens (tertiary/aromatic N) is 2. The summed E-state index contributed by atoms with van der Waals surface area (Å²) in [5.41, 5.74) is 6.60. The fourth-order valence-corrected chi connectivity index (χ4v) is 1.64. The van der Waals surface area contributed by atoms with Crippen molar-refractivity contribution in [1.82, 2.24) is 9.55 Å². The lowest BCUT2D eigenvalue weighted by molar-refractivity contribution is 0.273. The quantitative estimate of drug-likeness (QED) is 0.869. The van der Waals surface area contributed by atoms with Crippen LogP contribution in [-0.2, 0) is 20.2 Å². The fourth-order valence-electron chi connectivity index (χ4n) is 1.64. The summed E-state index contributed by atoms with van der Waals surface area (Å²) in [5.74, 6) is 2.24. The van der Waals surface area contributed by atoms with Crippen LogP contribution in [0.15, 0.2) is 30.6 Å². The van der Waals surface area contributed by atoms with Crippen molar-refractivity contribution in [2.75, 3.05) is 7.11 Å². The van der Waals surface area contributed by atoms with Crippen LogP contribution in [0.4, 0.5) is 0 Å². The molecule has 2 aromatic rings. The van der Waals surface area contributed by atoms with Crippen LogP contribution >= 0.6 is 0 Å². The van der Waals surface area contributed by atoms with E-state index in [1.807, 2.05) is 36.0 Å². The minimum atomic E-state index is 0.405. The number of hydrogen-bond acceptors (Lipinski definition) is 4. The first kappa shape index (κ1) is 12.4. The van der Waals surface area contributed by atoms with Crippen molar-refractivity contribution in [3.63, 3.8) is 0 Å². The van der Waals surface area contributed by atoms with Crippen LogP contribution < -0.4 is 15.2 Å². The van der Waals surface area contributed by atoms with Gasteiger partial charge in [0.05, 0.1) is 7.11 Å². The molecule has 0 spiro atoms. The highest BCUT2D eigenvalue weighted by Crippen LogP contribution is 2.28. The number of hydrogen-bond donors (Lipinski definition) is 1. The third-order valence-electron chi connectivity index (χ3n) is 2.74. The number of benzene rings is 1. The third-order valence-corrected chi connectivity index (χ3v) is 2.74. The number of methoxy groups -OCH3 is 1. The first-order valence-corrected chi connectivity index (χ1v) is 5.70. The van der Waals surface area contributed by atoms with Crippen molar-refractivity contribution in [3.8, 4) is 11.5 Å². The number of nitrogens with two attached hydrogens (primary N) is 1. The average Bonchev–Trinajstić information content (AvgIpc) is 2.81. The van der Waals surface area contributed by atoms with Gasteiger partial charge in [0.2, 0.25) is 0 Å². The zero-order valence-electron chi connectivity index (χ0n) is 10.6. The molecular formula is C13H17N3O2. The predicted molar refractivity (Wildman–Crippen MR) is 68.4 cm³/mol. The molecule has 0 saturated carbocycles. The Morgan fingerprint density at radius 2 is 2.17 bits per heavy atom.